The molecule has 1 aliphatic rings. The van der Waals surface area contributed by atoms with Crippen LogP contribution in [0.3, 0.4) is 0 Å². The van der Waals surface area contributed by atoms with Gasteiger partial charge in [0.05, 0.1) is 13.0 Å². The molecule has 18 heavy (non-hydrogen) atoms. The summed E-state index contributed by atoms with van der Waals surface area (Å²) in [6.07, 6.45) is 4.97. The van der Waals surface area contributed by atoms with Gasteiger partial charge in [0, 0.05) is 19.5 Å². The lowest BCUT2D eigenvalue weighted by atomic mass is 9.84. The number of nitrogens with zero attached hydrogens (tertiary/aromatic N) is 1. The Kier molecular flexibility index (Phi) is 6.16. The standard InChI is InChI=1S/C14H25NO3/c1-4-18-14(17)9-10-15(12(3)16)13-8-6-5-7-11(13)2/h11,13H,4-10H2,1-3H3. The third-order valence-electron chi connectivity index (χ3n) is 3.73. The van der Waals surface area contributed by atoms with Gasteiger partial charge >= 0.3 is 5.97 Å². The van der Waals surface area contributed by atoms with E-state index < -0.39 is 0 Å². The highest BCUT2D eigenvalue weighted by molar-refractivity contribution is 5.75. The molecule has 1 aliphatic carbocycles. The molecule has 0 radical (unpaired) electrons. The maximum absolute atomic E-state index is 11.7. The minimum Gasteiger partial charge on any atom is -0.466 e. The largest absolute Gasteiger partial charge is 0.466 e. The maximum atomic E-state index is 11.7. The smallest absolute Gasteiger partial charge is 0.307 e. The van der Waals surface area contributed by atoms with E-state index in [2.05, 4.69) is 6.92 Å². The molecular formula is C14H25NO3. The molecule has 0 aliphatic heterocycles. The fourth-order valence-corrected chi connectivity index (χ4v) is 2.76. The second kappa shape index (κ2) is 7.39. The Morgan fingerprint density at radius 3 is 2.50 bits per heavy atom. The fraction of sp³-hybridized carbons (Fsp3) is 0.857. The van der Waals surface area contributed by atoms with Crippen molar-refractivity contribution in [3.63, 3.8) is 0 Å². The Balaban J connectivity index is 2.53. The highest BCUT2D eigenvalue weighted by Crippen LogP contribution is 2.28. The van der Waals surface area contributed by atoms with Crippen molar-refractivity contribution in [2.45, 2.75) is 58.9 Å². The van der Waals surface area contributed by atoms with Gasteiger partial charge in [-0.1, -0.05) is 19.8 Å². The molecule has 104 valence electrons. The van der Waals surface area contributed by atoms with E-state index in [4.69, 9.17) is 4.74 Å². The number of rotatable bonds is 5. The molecule has 4 nitrogen and oxygen atoms in total. The van der Waals surface area contributed by atoms with Crippen LogP contribution in [0.4, 0.5) is 0 Å². The molecule has 1 fully saturated rings. The molecule has 0 aromatic rings. The first kappa shape index (κ1) is 15.0. The van der Waals surface area contributed by atoms with Crippen LogP contribution >= 0.6 is 0 Å². The summed E-state index contributed by atoms with van der Waals surface area (Å²) in [4.78, 5) is 25.0. The molecule has 4 heteroatoms. The van der Waals surface area contributed by atoms with Crippen LogP contribution in [0.25, 0.3) is 0 Å². The number of carbonyl (C=O) groups excluding carboxylic acids is 2. The molecular weight excluding hydrogens is 230 g/mol. The summed E-state index contributed by atoms with van der Waals surface area (Å²) in [5.41, 5.74) is 0. The van der Waals surface area contributed by atoms with Gasteiger partial charge in [0.25, 0.3) is 0 Å². The average Bonchev–Trinajstić information content (AvgIpc) is 2.31. The summed E-state index contributed by atoms with van der Waals surface area (Å²) >= 11 is 0. The van der Waals surface area contributed by atoms with E-state index in [1.54, 1.807) is 13.8 Å². The minimum absolute atomic E-state index is 0.0676. The third kappa shape index (κ3) is 4.31. The molecule has 0 spiro atoms. The Bertz CT molecular complexity index is 291. The molecule has 2 unspecified atom stereocenters. The number of ether oxygens (including phenoxy) is 1. The summed E-state index contributed by atoms with van der Waals surface area (Å²) in [6, 6.07) is 0.297. The Morgan fingerprint density at radius 2 is 1.94 bits per heavy atom. The summed E-state index contributed by atoms with van der Waals surface area (Å²) in [5.74, 6) is 0.384. The number of hydrogen-bond donors (Lipinski definition) is 0. The first-order valence-electron chi connectivity index (χ1n) is 6.99. The zero-order chi connectivity index (χ0) is 13.5. The van der Waals surface area contributed by atoms with Crippen LogP contribution in [0.15, 0.2) is 0 Å². The SMILES string of the molecule is CCOC(=O)CCN(C(C)=O)C1CCCCC1C. The van der Waals surface area contributed by atoms with Crippen LogP contribution in [-0.4, -0.2) is 36.0 Å². The summed E-state index contributed by atoms with van der Waals surface area (Å²) in [7, 11) is 0. The summed E-state index contributed by atoms with van der Waals surface area (Å²) in [6.45, 7) is 6.47. The summed E-state index contributed by atoms with van der Waals surface area (Å²) < 4.78 is 4.91. The highest BCUT2D eigenvalue weighted by Gasteiger charge is 2.28. The van der Waals surface area contributed by atoms with E-state index in [0.29, 0.717) is 31.5 Å². The van der Waals surface area contributed by atoms with Crippen molar-refractivity contribution in [1.82, 2.24) is 4.90 Å². The van der Waals surface area contributed by atoms with Crippen molar-refractivity contribution in [3.8, 4) is 0 Å². The van der Waals surface area contributed by atoms with E-state index in [1.165, 1.54) is 19.3 Å². The number of esters is 1. The molecule has 0 heterocycles. The first-order chi connectivity index (χ1) is 8.56. The van der Waals surface area contributed by atoms with E-state index in [0.717, 1.165) is 6.42 Å². The molecule has 0 bridgehead atoms. The van der Waals surface area contributed by atoms with Gasteiger partial charge in [0.2, 0.25) is 5.91 Å². The van der Waals surface area contributed by atoms with Gasteiger partial charge in [-0.3, -0.25) is 9.59 Å². The number of amides is 1. The van der Waals surface area contributed by atoms with E-state index >= 15 is 0 Å². The zero-order valence-corrected chi connectivity index (χ0v) is 11.8. The Morgan fingerprint density at radius 1 is 1.28 bits per heavy atom. The fourth-order valence-electron chi connectivity index (χ4n) is 2.76. The third-order valence-corrected chi connectivity index (χ3v) is 3.73. The van der Waals surface area contributed by atoms with Gasteiger partial charge in [0.15, 0.2) is 0 Å². The molecule has 0 saturated heterocycles. The summed E-state index contributed by atoms with van der Waals surface area (Å²) in [5, 5.41) is 0. The van der Waals surface area contributed by atoms with Crippen LogP contribution in [0.1, 0.15) is 52.9 Å². The lowest BCUT2D eigenvalue weighted by molar-refractivity contribution is -0.144. The molecule has 2 atom stereocenters. The van der Waals surface area contributed by atoms with Crippen molar-refractivity contribution in [2.24, 2.45) is 5.92 Å². The predicted octanol–water partition coefficient (Wildman–Crippen LogP) is 2.37. The van der Waals surface area contributed by atoms with E-state index in [1.807, 2.05) is 4.90 Å². The van der Waals surface area contributed by atoms with E-state index in [9.17, 15) is 9.59 Å². The van der Waals surface area contributed by atoms with Gasteiger partial charge in [-0.2, -0.15) is 0 Å². The first-order valence-corrected chi connectivity index (χ1v) is 6.99. The van der Waals surface area contributed by atoms with Gasteiger partial charge in [-0.15, -0.1) is 0 Å². The minimum atomic E-state index is -0.216. The molecule has 1 saturated carbocycles. The van der Waals surface area contributed by atoms with Gasteiger partial charge in [-0.05, 0) is 25.7 Å². The van der Waals surface area contributed by atoms with E-state index in [-0.39, 0.29) is 11.9 Å². The van der Waals surface area contributed by atoms with Crippen LogP contribution in [-0.2, 0) is 14.3 Å². The van der Waals surface area contributed by atoms with Crippen LogP contribution in [0.5, 0.6) is 0 Å². The normalized spacial score (nSPS) is 23.5. The second-order valence-electron chi connectivity index (χ2n) is 5.10. The predicted molar refractivity (Wildman–Crippen MR) is 70.1 cm³/mol. The van der Waals surface area contributed by atoms with Crippen LogP contribution in [0.2, 0.25) is 0 Å². The topological polar surface area (TPSA) is 46.6 Å². The molecule has 0 aromatic heterocycles. The molecule has 0 aromatic carbocycles. The van der Waals surface area contributed by atoms with Gasteiger partial charge in [-0.25, -0.2) is 0 Å². The van der Waals surface area contributed by atoms with Crippen LogP contribution < -0.4 is 0 Å². The monoisotopic (exact) mass is 255 g/mol. The highest BCUT2D eigenvalue weighted by atomic mass is 16.5. The lowest BCUT2D eigenvalue weighted by Gasteiger charge is -2.38. The van der Waals surface area contributed by atoms with Crippen molar-refractivity contribution in [1.29, 1.82) is 0 Å². The number of carbonyl (C=O) groups is 2. The van der Waals surface area contributed by atoms with Gasteiger partial charge < -0.3 is 9.64 Å². The molecule has 1 amide bonds. The van der Waals surface area contributed by atoms with Crippen molar-refractivity contribution < 1.29 is 14.3 Å². The second-order valence-corrected chi connectivity index (χ2v) is 5.10. The lowest BCUT2D eigenvalue weighted by Crippen LogP contribution is -2.45. The average molecular weight is 255 g/mol. The number of hydrogen-bond acceptors (Lipinski definition) is 3. The Labute approximate surface area is 110 Å². The van der Waals surface area contributed by atoms with Crippen LogP contribution in [0, 0.1) is 5.92 Å². The van der Waals surface area contributed by atoms with Crippen molar-refractivity contribution in [2.75, 3.05) is 13.2 Å². The van der Waals surface area contributed by atoms with Crippen molar-refractivity contribution in [3.05, 3.63) is 0 Å². The maximum Gasteiger partial charge on any atom is 0.307 e. The Hall–Kier alpha value is -1.06. The van der Waals surface area contributed by atoms with Crippen molar-refractivity contribution >= 4 is 11.9 Å². The molecule has 0 N–H and O–H groups in total. The quantitative estimate of drug-likeness (QED) is 0.708. The zero-order valence-electron chi connectivity index (χ0n) is 11.8. The molecule has 1 rings (SSSR count). The van der Waals surface area contributed by atoms with Gasteiger partial charge in [0.1, 0.15) is 0 Å².